The Balaban J connectivity index is 0.000000162. The van der Waals surface area contributed by atoms with Crippen LogP contribution in [-0.4, -0.2) is 115 Å². The standard InChI is InChI=1S/C27H23F3N4O2S.C21H13BrF3N3O2S.C12H22BNO2/c1-34-12-8-18(9-13-34)25-15-20(27(28,29)30)2-4-24(25)26-23-5-3-22(14-19(23)6-11-32-26)37(35,36)16-21-7-10-31-17-33-21;22-19-10-14(21(23,24)25)1-3-18(19)20-17-4-2-16(9-13(17)5-8-27-20)31(29,30)11-15-6-7-26-12-28-15;1-11(2)12(3,4)16-13(15-11)10-6-8-14(5)9-7-10/h2-8,10-11,14-15,17H,9,12-13,16H2,1H3;1-10,12H,11H2;6H,7-9H2,1-5H3. The third-order valence-corrected chi connectivity index (χ3v) is 19.0. The topological polar surface area (TPSA) is 171 Å². The molecule has 4 aromatic heterocycles. The van der Waals surface area contributed by atoms with Gasteiger partial charge in [-0.1, -0.05) is 52.3 Å². The van der Waals surface area contributed by atoms with E-state index in [0.717, 1.165) is 49.8 Å². The molecule has 24 heteroatoms. The van der Waals surface area contributed by atoms with E-state index in [1.165, 1.54) is 79.2 Å². The first-order chi connectivity index (χ1) is 39.6. The zero-order valence-electron chi connectivity index (χ0n) is 46.6. The van der Waals surface area contributed by atoms with Gasteiger partial charge in [0.25, 0.3) is 0 Å². The number of nitrogens with zero attached hydrogens (tertiary/aromatic N) is 8. The Morgan fingerprint density at radius 1 is 0.560 bits per heavy atom. The number of hydrogen-bond donors (Lipinski definition) is 0. The van der Waals surface area contributed by atoms with Crippen LogP contribution in [0.4, 0.5) is 26.3 Å². The number of halogens is 7. The number of aromatic nitrogens is 6. The quantitative estimate of drug-likeness (QED) is 0.0935. The molecule has 1 fully saturated rings. The second-order valence-electron chi connectivity index (χ2n) is 21.6. The predicted molar refractivity (Wildman–Crippen MR) is 314 cm³/mol. The largest absolute Gasteiger partial charge is 0.490 e. The molecule has 0 spiro atoms. The number of pyridine rings is 2. The molecular formula is C60H58BBrF6N8O6S2. The van der Waals surface area contributed by atoms with Crippen molar-refractivity contribution in [2.24, 2.45) is 0 Å². The number of likely N-dealkylation sites (N-methyl/N-ethyl adjacent to an activating group) is 2. The SMILES string of the molecule is CN1CC=C(B2OC(C)(C)C(C)(C)O2)CC1.CN1CC=C(c2cc(C(F)(F)F)ccc2-c2nccc3cc(S(=O)(=O)Cc4ccncn4)ccc23)CC1.O=S(=O)(Cc1ccncn1)c1ccc2c(-c3ccc(C(F)(F)F)cc3Br)nccc2c1. The highest BCUT2D eigenvalue weighted by Crippen LogP contribution is 2.42. The van der Waals surface area contributed by atoms with E-state index in [4.69, 9.17) is 9.31 Å². The number of alkyl halides is 6. The summed E-state index contributed by atoms with van der Waals surface area (Å²) < 4.78 is 144. The van der Waals surface area contributed by atoms with Crippen molar-refractivity contribution in [3.63, 3.8) is 0 Å². The fourth-order valence-corrected chi connectivity index (χ4v) is 12.8. The first-order valence-electron chi connectivity index (χ1n) is 26.5. The summed E-state index contributed by atoms with van der Waals surface area (Å²) in [4.78, 5) is 29.0. The number of sulfone groups is 2. The number of rotatable bonds is 10. The van der Waals surface area contributed by atoms with Gasteiger partial charge in [0, 0.05) is 77.3 Å². The number of fused-ring (bicyclic) bond motifs is 2. The third-order valence-electron chi connectivity index (χ3n) is 15.1. The highest BCUT2D eigenvalue weighted by Gasteiger charge is 2.52. The van der Waals surface area contributed by atoms with Gasteiger partial charge >= 0.3 is 19.5 Å². The molecule has 0 aliphatic carbocycles. The smallest absolute Gasteiger partial charge is 0.400 e. The van der Waals surface area contributed by atoms with Crippen molar-refractivity contribution in [1.82, 2.24) is 39.7 Å². The van der Waals surface area contributed by atoms with Crippen LogP contribution in [0.15, 0.2) is 166 Å². The van der Waals surface area contributed by atoms with E-state index in [9.17, 15) is 43.2 Å². The minimum absolute atomic E-state index is 0.113. The van der Waals surface area contributed by atoms with E-state index in [0.29, 0.717) is 74.0 Å². The Hall–Kier alpha value is -6.80. The molecule has 84 heavy (non-hydrogen) atoms. The molecule has 3 aliphatic rings. The van der Waals surface area contributed by atoms with Crippen molar-refractivity contribution in [3.8, 4) is 22.5 Å². The summed E-state index contributed by atoms with van der Waals surface area (Å²) in [5.74, 6) is -0.548. The van der Waals surface area contributed by atoms with Gasteiger partial charge in [-0.05, 0) is 155 Å². The lowest BCUT2D eigenvalue weighted by atomic mass is 9.75. The fraction of sp³-hybridized carbons (Fsp3) is 0.300. The molecule has 7 heterocycles. The van der Waals surface area contributed by atoms with Gasteiger partial charge in [0.15, 0.2) is 19.7 Å². The van der Waals surface area contributed by atoms with Crippen LogP contribution >= 0.6 is 15.9 Å². The minimum atomic E-state index is -4.47. The third kappa shape index (κ3) is 14.3. The van der Waals surface area contributed by atoms with Crippen molar-refractivity contribution < 1.29 is 52.5 Å². The molecule has 4 aromatic carbocycles. The van der Waals surface area contributed by atoms with Gasteiger partial charge in [0.05, 0.1) is 66.4 Å². The Morgan fingerprint density at radius 3 is 1.48 bits per heavy atom. The molecule has 0 atom stereocenters. The molecule has 8 aromatic rings. The molecular weight excluding hydrogens is 1200 g/mol. The molecule has 438 valence electrons. The van der Waals surface area contributed by atoms with Gasteiger partial charge in [-0.25, -0.2) is 36.8 Å². The first-order valence-corrected chi connectivity index (χ1v) is 30.6. The molecule has 3 aliphatic heterocycles. The summed E-state index contributed by atoms with van der Waals surface area (Å²) in [7, 11) is -3.38. The first kappa shape index (κ1) is 61.8. The summed E-state index contributed by atoms with van der Waals surface area (Å²) in [5, 5.41) is 2.49. The van der Waals surface area contributed by atoms with Crippen LogP contribution in [0.1, 0.15) is 68.6 Å². The maximum atomic E-state index is 13.6. The maximum Gasteiger partial charge on any atom is 0.490 e. The minimum Gasteiger partial charge on any atom is -0.400 e. The average Bonchev–Trinajstić information content (AvgIpc) is 1.98. The number of benzene rings is 4. The predicted octanol–water partition coefficient (Wildman–Crippen LogP) is 12.7. The highest BCUT2D eigenvalue weighted by atomic mass is 79.9. The molecule has 14 nitrogen and oxygen atoms in total. The monoisotopic (exact) mass is 1250 g/mol. The summed E-state index contributed by atoms with van der Waals surface area (Å²) in [5.41, 5.74) is 3.43. The van der Waals surface area contributed by atoms with Crippen LogP contribution in [0.3, 0.4) is 0 Å². The molecule has 0 amide bonds. The Labute approximate surface area is 492 Å². The summed E-state index contributed by atoms with van der Waals surface area (Å²) in [6, 6.07) is 22.8. The van der Waals surface area contributed by atoms with Crippen LogP contribution in [0.2, 0.25) is 0 Å². The summed E-state index contributed by atoms with van der Waals surface area (Å²) in [6.45, 7) is 11.9. The van der Waals surface area contributed by atoms with E-state index in [-0.39, 0.29) is 44.1 Å². The average molecular weight is 1260 g/mol. The molecule has 0 unspecified atom stereocenters. The van der Waals surface area contributed by atoms with E-state index in [1.807, 2.05) is 13.1 Å². The van der Waals surface area contributed by atoms with Crippen LogP contribution < -0.4 is 0 Å². The molecule has 1 saturated heterocycles. The van der Waals surface area contributed by atoms with Crippen molar-refractivity contribution >= 4 is 69.8 Å². The second kappa shape index (κ2) is 24.7. The van der Waals surface area contributed by atoms with Crippen LogP contribution in [0, 0.1) is 0 Å². The van der Waals surface area contributed by atoms with Gasteiger partial charge in [-0.2, -0.15) is 26.3 Å². The van der Waals surface area contributed by atoms with E-state index in [2.05, 4.69) is 96.5 Å². The molecule has 0 saturated carbocycles. The van der Waals surface area contributed by atoms with Crippen molar-refractivity contribution in [2.45, 2.75) is 85.4 Å². The second-order valence-corrected chi connectivity index (χ2v) is 26.4. The lowest BCUT2D eigenvalue weighted by Crippen LogP contribution is -2.41. The van der Waals surface area contributed by atoms with E-state index >= 15 is 0 Å². The maximum absolute atomic E-state index is 13.6. The van der Waals surface area contributed by atoms with Crippen molar-refractivity contribution in [3.05, 3.63) is 185 Å². The Morgan fingerprint density at radius 2 is 1.04 bits per heavy atom. The van der Waals surface area contributed by atoms with E-state index in [1.54, 1.807) is 42.6 Å². The van der Waals surface area contributed by atoms with Crippen LogP contribution in [-0.2, 0) is 52.8 Å². The summed E-state index contributed by atoms with van der Waals surface area (Å²) in [6.07, 6.45) is 5.49. The number of hydrogen-bond acceptors (Lipinski definition) is 14. The van der Waals surface area contributed by atoms with Gasteiger partial charge in [0.2, 0.25) is 0 Å². The Kier molecular flexibility index (Phi) is 18.1. The zero-order chi connectivity index (χ0) is 60.4. The summed E-state index contributed by atoms with van der Waals surface area (Å²) >= 11 is 3.20. The Bertz CT molecular complexity index is 4010. The van der Waals surface area contributed by atoms with Crippen LogP contribution in [0.5, 0.6) is 0 Å². The lowest BCUT2D eigenvalue weighted by Gasteiger charge is -2.32. The van der Waals surface area contributed by atoms with Crippen LogP contribution in [0.25, 0.3) is 49.6 Å². The van der Waals surface area contributed by atoms with Gasteiger partial charge < -0.3 is 19.1 Å². The highest BCUT2D eigenvalue weighted by molar-refractivity contribution is 9.10. The molecule has 0 radical (unpaired) electrons. The van der Waals surface area contributed by atoms with Crippen molar-refractivity contribution in [1.29, 1.82) is 0 Å². The van der Waals surface area contributed by atoms with Crippen molar-refractivity contribution in [2.75, 3.05) is 40.3 Å². The zero-order valence-corrected chi connectivity index (χ0v) is 49.8. The molecule has 11 rings (SSSR count). The normalized spacial score (nSPS) is 16.8. The molecule has 0 N–H and O–H groups in total. The van der Waals surface area contributed by atoms with Gasteiger partial charge in [-0.15, -0.1) is 0 Å². The van der Waals surface area contributed by atoms with Gasteiger partial charge in [0.1, 0.15) is 12.7 Å². The molecule has 0 bridgehead atoms. The van der Waals surface area contributed by atoms with E-state index < -0.39 is 43.2 Å². The van der Waals surface area contributed by atoms with Gasteiger partial charge in [-0.3, -0.25) is 9.97 Å². The fourth-order valence-electron chi connectivity index (χ4n) is 9.58. The lowest BCUT2D eigenvalue weighted by molar-refractivity contribution is -0.138.